The number of carbonyl (C=O) groups excluding carboxylic acids is 1. The van der Waals surface area contributed by atoms with Crippen molar-refractivity contribution in [3.05, 3.63) is 23.8 Å². The molecular weight excluding hydrogens is 194 g/mol. The van der Waals surface area contributed by atoms with Crippen LogP contribution in [0.4, 0.5) is 5.69 Å². The van der Waals surface area contributed by atoms with Crippen LogP contribution in [0.5, 0.6) is 0 Å². The molecule has 2 rings (SSSR count). The van der Waals surface area contributed by atoms with Crippen molar-refractivity contribution in [1.82, 2.24) is 0 Å². The molecule has 0 amide bonds. The Morgan fingerprint density at radius 1 is 1.57 bits per heavy atom. The summed E-state index contributed by atoms with van der Waals surface area (Å²) in [5.74, 6) is 1.33. The van der Waals surface area contributed by atoms with Crippen molar-refractivity contribution in [3.63, 3.8) is 0 Å². The van der Waals surface area contributed by atoms with Gasteiger partial charge in [-0.2, -0.15) is 0 Å². The van der Waals surface area contributed by atoms with Gasteiger partial charge < -0.3 is 5.32 Å². The third kappa shape index (κ3) is 2.10. The van der Waals surface area contributed by atoms with E-state index in [2.05, 4.69) is 17.4 Å². The lowest BCUT2D eigenvalue weighted by molar-refractivity contribution is -0.116. The molecule has 0 fully saturated rings. The van der Waals surface area contributed by atoms with Gasteiger partial charge in [-0.3, -0.25) is 4.79 Å². The van der Waals surface area contributed by atoms with Crippen LogP contribution in [0.1, 0.15) is 12.5 Å². The number of ketones is 1. The van der Waals surface area contributed by atoms with Crippen molar-refractivity contribution in [2.24, 2.45) is 0 Å². The molecule has 0 unspecified atom stereocenters. The molecule has 1 aliphatic rings. The van der Waals surface area contributed by atoms with E-state index < -0.39 is 0 Å². The highest BCUT2D eigenvalue weighted by Crippen LogP contribution is 2.31. The highest BCUT2D eigenvalue weighted by Gasteiger charge is 2.09. The number of carbonyl (C=O) groups is 1. The van der Waals surface area contributed by atoms with Gasteiger partial charge in [-0.25, -0.2) is 0 Å². The van der Waals surface area contributed by atoms with Gasteiger partial charge >= 0.3 is 0 Å². The van der Waals surface area contributed by atoms with Gasteiger partial charge in [0.25, 0.3) is 0 Å². The standard InChI is InChI=1S/C11H13NOS/c1-8(13)6-9-2-3-10-11(7-9)14-5-4-12-10/h2-3,7,12H,4-6H2,1H3. The summed E-state index contributed by atoms with van der Waals surface area (Å²) in [6, 6.07) is 6.21. The number of anilines is 1. The Bertz CT molecular complexity index is 362. The largest absolute Gasteiger partial charge is 0.383 e. The van der Waals surface area contributed by atoms with Gasteiger partial charge in [0.2, 0.25) is 0 Å². The van der Waals surface area contributed by atoms with Crippen LogP contribution in [-0.4, -0.2) is 18.1 Å². The van der Waals surface area contributed by atoms with Crippen LogP contribution in [0.25, 0.3) is 0 Å². The zero-order chi connectivity index (χ0) is 9.97. The van der Waals surface area contributed by atoms with E-state index in [1.807, 2.05) is 17.8 Å². The molecule has 0 bridgehead atoms. The Labute approximate surface area is 88.1 Å². The Balaban J connectivity index is 2.24. The van der Waals surface area contributed by atoms with E-state index in [4.69, 9.17) is 0 Å². The second-order valence-corrected chi connectivity index (χ2v) is 4.62. The normalized spacial score (nSPS) is 14.4. The third-order valence-corrected chi connectivity index (χ3v) is 3.23. The molecule has 0 radical (unpaired) electrons. The minimum atomic E-state index is 0.221. The van der Waals surface area contributed by atoms with E-state index in [9.17, 15) is 4.79 Å². The van der Waals surface area contributed by atoms with Gasteiger partial charge in [0.1, 0.15) is 5.78 Å². The molecule has 0 spiro atoms. The number of hydrogen-bond acceptors (Lipinski definition) is 3. The molecule has 14 heavy (non-hydrogen) atoms. The number of hydrogen-bond donors (Lipinski definition) is 1. The van der Waals surface area contributed by atoms with Crippen molar-refractivity contribution in [1.29, 1.82) is 0 Å². The van der Waals surface area contributed by atoms with Crippen molar-refractivity contribution < 1.29 is 4.79 Å². The first-order valence-corrected chi connectivity index (χ1v) is 5.73. The average molecular weight is 207 g/mol. The smallest absolute Gasteiger partial charge is 0.134 e. The lowest BCUT2D eigenvalue weighted by atomic mass is 10.1. The lowest BCUT2D eigenvalue weighted by Crippen LogP contribution is -2.10. The van der Waals surface area contributed by atoms with Crippen LogP contribution in [0, 0.1) is 0 Å². The molecule has 1 aromatic carbocycles. The Kier molecular flexibility index (Phi) is 2.77. The number of Topliss-reactive ketones (excluding diaryl/α,β-unsaturated/α-hetero) is 1. The molecule has 0 saturated heterocycles. The molecule has 0 aliphatic carbocycles. The van der Waals surface area contributed by atoms with Gasteiger partial charge in [0.15, 0.2) is 0 Å². The summed E-state index contributed by atoms with van der Waals surface area (Å²) in [5.41, 5.74) is 2.32. The molecular formula is C11H13NOS. The quantitative estimate of drug-likeness (QED) is 0.807. The summed E-state index contributed by atoms with van der Waals surface area (Å²) < 4.78 is 0. The number of rotatable bonds is 2. The molecule has 74 valence electrons. The predicted molar refractivity (Wildman–Crippen MR) is 60.0 cm³/mol. The van der Waals surface area contributed by atoms with Crippen molar-refractivity contribution >= 4 is 23.2 Å². The summed E-state index contributed by atoms with van der Waals surface area (Å²) in [6.45, 7) is 2.66. The van der Waals surface area contributed by atoms with Crippen molar-refractivity contribution in [3.8, 4) is 0 Å². The molecule has 0 saturated carbocycles. The van der Waals surface area contributed by atoms with Gasteiger partial charge in [-0.1, -0.05) is 6.07 Å². The van der Waals surface area contributed by atoms with Gasteiger partial charge in [0.05, 0.1) is 0 Å². The molecule has 0 atom stereocenters. The van der Waals surface area contributed by atoms with Gasteiger partial charge in [0, 0.05) is 29.3 Å². The fourth-order valence-corrected chi connectivity index (χ4v) is 2.53. The van der Waals surface area contributed by atoms with E-state index >= 15 is 0 Å². The summed E-state index contributed by atoms with van der Waals surface area (Å²) in [7, 11) is 0. The number of nitrogens with one attached hydrogen (secondary N) is 1. The number of benzene rings is 1. The lowest BCUT2D eigenvalue weighted by Gasteiger charge is -2.17. The molecule has 0 aromatic heterocycles. The predicted octanol–water partition coefficient (Wildman–Crippen LogP) is 2.34. The highest BCUT2D eigenvalue weighted by molar-refractivity contribution is 7.99. The fraction of sp³-hybridized carbons (Fsp3) is 0.364. The molecule has 1 N–H and O–H groups in total. The zero-order valence-electron chi connectivity index (χ0n) is 8.17. The maximum absolute atomic E-state index is 11.0. The summed E-state index contributed by atoms with van der Waals surface area (Å²) in [4.78, 5) is 12.2. The topological polar surface area (TPSA) is 29.1 Å². The summed E-state index contributed by atoms with van der Waals surface area (Å²) in [5, 5.41) is 3.34. The second-order valence-electron chi connectivity index (χ2n) is 3.48. The van der Waals surface area contributed by atoms with Crippen LogP contribution in [0.2, 0.25) is 0 Å². The minimum Gasteiger partial charge on any atom is -0.383 e. The van der Waals surface area contributed by atoms with Crippen LogP contribution >= 0.6 is 11.8 Å². The summed E-state index contributed by atoms with van der Waals surface area (Å²) >= 11 is 1.86. The average Bonchev–Trinajstić information content (AvgIpc) is 2.17. The Morgan fingerprint density at radius 2 is 2.43 bits per heavy atom. The maximum atomic E-state index is 11.0. The first-order valence-electron chi connectivity index (χ1n) is 4.75. The monoisotopic (exact) mass is 207 g/mol. The Hall–Kier alpha value is -0.960. The number of thioether (sulfide) groups is 1. The third-order valence-electron chi connectivity index (χ3n) is 2.17. The van der Waals surface area contributed by atoms with Crippen LogP contribution in [-0.2, 0) is 11.2 Å². The molecule has 3 heteroatoms. The van der Waals surface area contributed by atoms with Gasteiger partial charge in [-0.05, 0) is 24.6 Å². The summed E-state index contributed by atoms with van der Waals surface area (Å²) in [6.07, 6.45) is 0.549. The van der Waals surface area contributed by atoms with Crippen LogP contribution < -0.4 is 5.32 Å². The van der Waals surface area contributed by atoms with Gasteiger partial charge in [-0.15, -0.1) is 11.8 Å². The van der Waals surface area contributed by atoms with E-state index in [-0.39, 0.29) is 5.78 Å². The SMILES string of the molecule is CC(=O)Cc1ccc2c(c1)SCCN2. The maximum Gasteiger partial charge on any atom is 0.134 e. The highest BCUT2D eigenvalue weighted by atomic mass is 32.2. The first kappa shape index (κ1) is 9.59. The zero-order valence-corrected chi connectivity index (χ0v) is 8.99. The second kappa shape index (κ2) is 4.05. The van der Waals surface area contributed by atoms with Crippen LogP contribution in [0.15, 0.2) is 23.1 Å². The molecule has 1 aliphatic heterocycles. The van der Waals surface area contributed by atoms with E-state index in [1.165, 1.54) is 10.6 Å². The molecule has 1 heterocycles. The number of fused-ring (bicyclic) bond motifs is 1. The molecule has 1 aromatic rings. The van der Waals surface area contributed by atoms with Crippen molar-refractivity contribution in [2.75, 3.05) is 17.6 Å². The Morgan fingerprint density at radius 3 is 3.21 bits per heavy atom. The minimum absolute atomic E-state index is 0.221. The van der Waals surface area contributed by atoms with E-state index in [0.717, 1.165) is 17.9 Å². The first-order chi connectivity index (χ1) is 6.75. The fourth-order valence-electron chi connectivity index (χ4n) is 1.58. The van der Waals surface area contributed by atoms with Crippen LogP contribution in [0.3, 0.4) is 0 Å². The molecule has 2 nitrogen and oxygen atoms in total. The van der Waals surface area contributed by atoms with E-state index in [0.29, 0.717) is 6.42 Å². The van der Waals surface area contributed by atoms with E-state index in [1.54, 1.807) is 6.92 Å². The van der Waals surface area contributed by atoms with Crippen molar-refractivity contribution in [2.45, 2.75) is 18.2 Å².